The Hall–Kier alpha value is -2.20. The van der Waals surface area contributed by atoms with Gasteiger partial charge >= 0.3 is 0 Å². The number of rotatable bonds is 5. The molecule has 0 radical (unpaired) electrons. The fourth-order valence-electron chi connectivity index (χ4n) is 3.52. The van der Waals surface area contributed by atoms with Gasteiger partial charge < -0.3 is 19.3 Å². The maximum absolute atomic E-state index is 5.57. The molecule has 1 fully saturated rings. The van der Waals surface area contributed by atoms with E-state index in [2.05, 4.69) is 42.2 Å². The molecule has 0 spiro atoms. The molecule has 3 rings (SSSR count). The second-order valence-corrected chi connectivity index (χ2v) is 6.35. The van der Waals surface area contributed by atoms with E-state index in [0.717, 1.165) is 44.2 Å². The van der Waals surface area contributed by atoms with Crippen molar-refractivity contribution in [1.29, 1.82) is 0 Å². The SMILES string of the molecule is COc1cccc(C[NH+]2CCN(c3ccccc3C)CC2)c1OC. The van der Waals surface area contributed by atoms with Crippen molar-refractivity contribution in [1.82, 2.24) is 0 Å². The van der Waals surface area contributed by atoms with Gasteiger partial charge in [0.1, 0.15) is 6.54 Å². The summed E-state index contributed by atoms with van der Waals surface area (Å²) in [5.74, 6) is 1.68. The summed E-state index contributed by atoms with van der Waals surface area (Å²) in [4.78, 5) is 4.09. The Kier molecular flexibility index (Phi) is 5.26. The molecule has 0 aromatic heterocycles. The number of quaternary nitrogens is 1. The van der Waals surface area contributed by atoms with Crippen molar-refractivity contribution in [2.24, 2.45) is 0 Å². The van der Waals surface area contributed by atoms with Gasteiger partial charge in [-0.25, -0.2) is 0 Å². The maximum Gasteiger partial charge on any atom is 0.169 e. The lowest BCUT2D eigenvalue weighted by molar-refractivity contribution is -0.914. The van der Waals surface area contributed by atoms with E-state index in [0.29, 0.717) is 0 Å². The first-order valence-corrected chi connectivity index (χ1v) is 8.57. The summed E-state index contributed by atoms with van der Waals surface area (Å²) in [7, 11) is 3.41. The van der Waals surface area contributed by atoms with Gasteiger partial charge in [-0.05, 0) is 30.7 Å². The molecular formula is C20H27N2O2+. The highest BCUT2D eigenvalue weighted by Gasteiger charge is 2.23. The lowest BCUT2D eigenvalue weighted by Crippen LogP contribution is -3.13. The van der Waals surface area contributed by atoms with Crippen LogP contribution in [0.5, 0.6) is 11.5 Å². The summed E-state index contributed by atoms with van der Waals surface area (Å²) in [6, 6.07) is 14.8. The molecule has 1 saturated heterocycles. The molecule has 4 nitrogen and oxygen atoms in total. The Balaban J connectivity index is 1.65. The van der Waals surface area contributed by atoms with Gasteiger partial charge in [0.15, 0.2) is 11.5 Å². The highest BCUT2D eigenvalue weighted by molar-refractivity contribution is 5.53. The Labute approximate surface area is 144 Å². The van der Waals surface area contributed by atoms with Crippen LogP contribution >= 0.6 is 0 Å². The summed E-state index contributed by atoms with van der Waals surface area (Å²) < 4.78 is 11.0. The second kappa shape index (κ2) is 7.58. The molecule has 2 aromatic carbocycles. The number of para-hydroxylation sites is 2. The van der Waals surface area contributed by atoms with Crippen molar-refractivity contribution in [2.45, 2.75) is 13.5 Å². The molecule has 1 aliphatic rings. The van der Waals surface area contributed by atoms with Crippen LogP contribution in [0.2, 0.25) is 0 Å². The van der Waals surface area contributed by atoms with Gasteiger partial charge in [0.25, 0.3) is 0 Å². The van der Waals surface area contributed by atoms with Crippen LogP contribution in [-0.4, -0.2) is 40.4 Å². The molecule has 4 heteroatoms. The number of nitrogens with one attached hydrogen (secondary N) is 1. The third-order valence-electron chi connectivity index (χ3n) is 4.85. The molecule has 0 saturated carbocycles. The average molecular weight is 327 g/mol. The molecule has 0 atom stereocenters. The van der Waals surface area contributed by atoms with E-state index in [1.165, 1.54) is 16.8 Å². The molecular weight excluding hydrogens is 300 g/mol. The minimum Gasteiger partial charge on any atom is -0.493 e. The van der Waals surface area contributed by atoms with Crippen molar-refractivity contribution in [2.75, 3.05) is 45.3 Å². The summed E-state index contributed by atoms with van der Waals surface area (Å²) in [6.07, 6.45) is 0. The van der Waals surface area contributed by atoms with Gasteiger partial charge in [0.05, 0.1) is 46.0 Å². The number of ether oxygens (including phenoxy) is 2. The van der Waals surface area contributed by atoms with Gasteiger partial charge in [-0.3, -0.25) is 0 Å². The van der Waals surface area contributed by atoms with Crippen LogP contribution < -0.4 is 19.3 Å². The largest absolute Gasteiger partial charge is 0.493 e. The molecule has 0 bridgehead atoms. The molecule has 1 aliphatic heterocycles. The zero-order valence-electron chi connectivity index (χ0n) is 14.8. The van der Waals surface area contributed by atoms with E-state index in [-0.39, 0.29) is 0 Å². The summed E-state index contributed by atoms with van der Waals surface area (Å²) in [6.45, 7) is 7.61. The minimum atomic E-state index is 0.813. The van der Waals surface area contributed by atoms with Crippen LogP contribution in [-0.2, 0) is 6.54 Å². The third kappa shape index (κ3) is 3.49. The normalized spacial score (nSPS) is 15.4. The number of hydrogen-bond acceptors (Lipinski definition) is 3. The van der Waals surface area contributed by atoms with E-state index in [1.807, 2.05) is 12.1 Å². The van der Waals surface area contributed by atoms with Crippen molar-refractivity contribution in [3.05, 3.63) is 53.6 Å². The zero-order valence-corrected chi connectivity index (χ0v) is 14.8. The highest BCUT2D eigenvalue weighted by atomic mass is 16.5. The van der Waals surface area contributed by atoms with E-state index < -0.39 is 0 Å². The quantitative estimate of drug-likeness (QED) is 0.909. The third-order valence-corrected chi connectivity index (χ3v) is 4.85. The maximum atomic E-state index is 5.57. The predicted molar refractivity (Wildman–Crippen MR) is 97.3 cm³/mol. The van der Waals surface area contributed by atoms with Gasteiger partial charge in [-0.15, -0.1) is 0 Å². The lowest BCUT2D eigenvalue weighted by Gasteiger charge is -2.34. The van der Waals surface area contributed by atoms with E-state index in [4.69, 9.17) is 9.47 Å². The first-order chi connectivity index (χ1) is 11.7. The molecule has 1 N–H and O–H groups in total. The first kappa shape index (κ1) is 16.7. The smallest absolute Gasteiger partial charge is 0.169 e. The Morgan fingerprint density at radius 1 is 0.958 bits per heavy atom. The predicted octanol–water partition coefficient (Wildman–Crippen LogP) is 1.92. The standard InChI is InChI=1S/C20H26N2O2/c1-16-7-4-5-9-18(16)22-13-11-21(12-14-22)15-17-8-6-10-19(23-2)20(17)24-3/h4-10H,11-15H2,1-3H3/p+1. The number of anilines is 1. The molecule has 0 unspecified atom stereocenters. The second-order valence-electron chi connectivity index (χ2n) is 6.35. The number of aryl methyl sites for hydroxylation is 1. The van der Waals surface area contributed by atoms with Crippen LogP contribution in [0.15, 0.2) is 42.5 Å². The molecule has 24 heavy (non-hydrogen) atoms. The lowest BCUT2D eigenvalue weighted by atomic mass is 10.1. The summed E-state index contributed by atoms with van der Waals surface area (Å²) >= 11 is 0. The Morgan fingerprint density at radius 3 is 2.38 bits per heavy atom. The van der Waals surface area contributed by atoms with Crippen LogP contribution in [0.3, 0.4) is 0 Å². The van der Waals surface area contributed by atoms with Crippen molar-refractivity contribution in [3.63, 3.8) is 0 Å². The van der Waals surface area contributed by atoms with Crippen molar-refractivity contribution >= 4 is 5.69 Å². The van der Waals surface area contributed by atoms with Crippen molar-refractivity contribution < 1.29 is 14.4 Å². The molecule has 2 aromatic rings. The monoisotopic (exact) mass is 327 g/mol. The van der Waals surface area contributed by atoms with Gasteiger partial charge in [-0.2, -0.15) is 0 Å². The molecule has 128 valence electrons. The average Bonchev–Trinajstić information content (AvgIpc) is 2.62. The topological polar surface area (TPSA) is 26.1 Å². The fraction of sp³-hybridized carbons (Fsp3) is 0.400. The van der Waals surface area contributed by atoms with Crippen LogP contribution in [0.25, 0.3) is 0 Å². The first-order valence-electron chi connectivity index (χ1n) is 8.57. The highest BCUT2D eigenvalue weighted by Crippen LogP contribution is 2.30. The van der Waals surface area contributed by atoms with Crippen LogP contribution in [0, 0.1) is 6.92 Å². The van der Waals surface area contributed by atoms with Gasteiger partial charge in [0, 0.05) is 5.69 Å². The Morgan fingerprint density at radius 2 is 1.71 bits per heavy atom. The number of piperazine rings is 1. The number of benzene rings is 2. The number of methoxy groups -OCH3 is 2. The zero-order chi connectivity index (χ0) is 16.9. The van der Waals surface area contributed by atoms with Crippen molar-refractivity contribution in [3.8, 4) is 11.5 Å². The summed E-state index contributed by atoms with van der Waals surface area (Å²) in [5, 5.41) is 0. The Bertz CT molecular complexity index is 679. The fourth-order valence-corrected chi connectivity index (χ4v) is 3.52. The number of hydrogen-bond donors (Lipinski definition) is 1. The molecule has 0 aliphatic carbocycles. The molecule has 0 amide bonds. The minimum absolute atomic E-state index is 0.813. The van der Waals surface area contributed by atoms with Crippen LogP contribution in [0.1, 0.15) is 11.1 Å². The molecule has 1 heterocycles. The van der Waals surface area contributed by atoms with Gasteiger partial charge in [-0.1, -0.05) is 24.3 Å². The van der Waals surface area contributed by atoms with Crippen LogP contribution in [0.4, 0.5) is 5.69 Å². The van der Waals surface area contributed by atoms with E-state index in [1.54, 1.807) is 19.1 Å². The summed E-state index contributed by atoms with van der Waals surface area (Å²) in [5.41, 5.74) is 3.95. The van der Waals surface area contributed by atoms with Gasteiger partial charge in [0.2, 0.25) is 0 Å². The van der Waals surface area contributed by atoms with E-state index >= 15 is 0 Å². The van der Waals surface area contributed by atoms with E-state index in [9.17, 15) is 0 Å². The number of nitrogens with zero attached hydrogens (tertiary/aromatic N) is 1.